The predicted octanol–water partition coefficient (Wildman–Crippen LogP) is -0.585. The second-order valence-corrected chi connectivity index (χ2v) is 4.80. The highest BCUT2D eigenvalue weighted by Crippen LogP contribution is 2.17. The first-order valence-corrected chi connectivity index (χ1v) is 5.18. The van der Waals surface area contributed by atoms with Crippen LogP contribution in [0.25, 0.3) is 0 Å². The van der Waals surface area contributed by atoms with E-state index in [1.54, 1.807) is 6.92 Å². The van der Waals surface area contributed by atoms with E-state index in [1.807, 2.05) is 0 Å². The molecule has 1 heterocycles. The number of sulfone groups is 1. The highest BCUT2D eigenvalue weighted by atomic mass is 32.2. The van der Waals surface area contributed by atoms with Gasteiger partial charge in [-0.15, -0.1) is 5.92 Å². The van der Waals surface area contributed by atoms with Crippen LogP contribution < -0.4 is 0 Å². The number of rotatable bonds is 0. The van der Waals surface area contributed by atoms with Gasteiger partial charge < -0.3 is 5.11 Å². The second kappa shape index (κ2) is 2.84. The van der Waals surface area contributed by atoms with Gasteiger partial charge in [-0.2, -0.15) is 0 Å². The van der Waals surface area contributed by atoms with Crippen LogP contribution in [-0.2, 0) is 9.84 Å². The summed E-state index contributed by atoms with van der Waals surface area (Å²) in [7, 11) is -3.02. The summed E-state index contributed by atoms with van der Waals surface area (Å²) in [5, 5.41) is 9.17. The normalized spacial score (nSPS) is 34.4. The van der Waals surface area contributed by atoms with E-state index < -0.39 is 15.9 Å². The van der Waals surface area contributed by atoms with Crippen molar-refractivity contribution >= 4 is 9.84 Å². The van der Waals surface area contributed by atoms with E-state index in [0.717, 1.165) is 0 Å². The smallest absolute Gasteiger partial charge is 0.154 e. The van der Waals surface area contributed by atoms with Gasteiger partial charge in [0.1, 0.15) is 0 Å². The van der Waals surface area contributed by atoms with Gasteiger partial charge in [-0.1, -0.05) is 5.92 Å². The maximum Gasteiger partial charge on any atom is 0.154 e. The van der Waals surface area contributed by atoms with Crippen molar-refractivity contribution in [1.29, 1.82) is 0 Å². The van der Waals surface area contributed by atoms with E-state index in [1.165, 1.54) is 0 Å². The lowest BCUT2D eigenvalue weighted by Gasteiger charge is -2.01. The van der Waals surface area contributed by atoms with E-state index in [9.17, 15) is 13.5 Å². The summed E-state index contributed by atoms with van der Waals surface area (Å²) in [6, 6.07) is 0. The largest absolute Gasteiger partial charge is 0.391 e. The van der Waals surface area contributed by atoms with Gasteiger partial charge in [0.05, 0.1) is 23.5 Å². The van der Waals surface area contributed by atoms with Gasteiger partial charge in [-0.25, -0.2) is 8.42 Å². The molecular weight excluding hydrogens is 164 g/mol. The molecular formula is C7H10O3S. The molecule has 1 aliphatic heterocycles. The molecule has 2 atom stereocenters. The molecule has 1 rings (SSSR count). The van der Waals surface area contributed by atoms with Crippen molar-refractivity contribution in [3.05, 3.63) is 0 Å². The molecule has 0 spiro atoms. The fourth-order valence-electron chi connectivity index (χ4n) is 1.15. The lowest BCUT2D eigenvalue weighted by atomic mass is 10.1. The molecule has 0 aromatic heterocycles. The molecule has 3 nitrogen and oxygen atoms in total. The van der Waals surface area contributed by atoms with Crippen molar-refractivity contribution in [1.82, 2.24) is 0 Å². The third-order valence-corrected chi connectivity index (χ3v) is 3.37. The third kappa shape index (κ3) is 1.95. The van der Waals surface area contributed by atoms with E-state index in [-0.39, 0.29) is 17.4 Å². The van der Waals surface area contributed by atoms with Gasteiger partial charge in [-0.05, 0) is 6.92 Å². The quantitative estimate of drug-likeness (QED) is 0.500. The first kappa shape index (κ1) is 8.57. The fraction of sp³-hybridized carbons (Fsp3) is 0.714. The molecule has 0 aromatic rings. The van der Waals surface area contributed by atoms with E-state index >= 15 is 0 Å². The molecule has 1 N–H and O–H groups in total. The zero-order chi connectivity index (χ0) is 8.48. The molecule has 0 amide bonds. The van der Waals surface area contributed by atoms with Crippen LogP contribution in [0.2, 0.25) is 0 Å². The Balaban J connectivity index is 2.80. The van der Waals surface area contributed by atoms with Crippen molar-refractivity contribution in [2.24, 2.45) is 5.92 Å². The lowest BCUT2D eigenvalue weighted by molar-refractivity contribution is 0.174. The molecule has 4 heteroatoms. The third-order valence-electron chi connectivity index (χ3n) is 1.65. The topological polar surface area (TPSA) is 54.4 Å². The number of aliphatic hydroxyl groups is 1. The first-order valence-electron chi connectivity index (χ1n) is 3.36. The maximum atomic E-state index is 10.9. The molecule has 0 radical (unpaired) electrons. The van der Waals surface area contributed by atoms with Crippen LogP contribution in [0.15, 0.2) is 0 Å². The summed E-state index contributed by atoms with van der Waals surface area (Å²) < 4.78 is 21.8. The van der Waals surface area contributed by atoms with Crippen LogP contribution in [0.5, 0.6) is 0 Å². The Morgan fingerprint density at radius 1 is 1.45 bits per heavy atom. The van der Waals surface area contributed by atoms with Crippen molar-refractivity contribution in [3.63, 3.8) is 0 Å². The minimum Gasteiger partial charge on any atom is -0.391 e. The molecule has 0 bridgehead atoms. The Morgan fingerprint density at radius 2 is 2.09 bits per heavy atom. The van der Waals surface area contributed by atoms with Gasteiger partial charge in [0.2, 0.25) is 0 Å². The van der Waals surface area contributed by atoms with Crippen LogP contribution in [-0.4, -0.2) is 31.1 Å². The second-order valence-electron chi connectivity index (χ2n) is 2.65. The molecule has 1 aliphatic rings. The van der Waals surface area contributed by atoms with Crippen LogP contribution >= 0.6 is 0 Å². The molecule has 0 aromatic carbocycles. The van der Waals surface area contributed by atoms with Gasteiger partial charge in [0.25, 0.3) is 0 Å². The zero-order valence-corrected chi connectivity index (χ0v) is 7.06. The standard InChI is InChI=1S/C7H10O3S/c1-2-3-6-4-11(9,10)5-7(6)8/h6-8H,4-5H2,1H3/t6-,7-/m1/s1. The Hall–Kier alpha value is -0.530. The highest BCUT2D eigenvalue weighted by molar-refractivity contribution is 7.91. The zero-order valence-electron chi connectivity index (χ0n) is 6.24. The minimum atomic E-state index is -3.02. The van der Waals surface area contributed by atoms with E-state index in [0.29, 0.717) is 0 Å². The molecule has 0 saturated carbocycles. The maximum absolute atomic E-state index is 10.9. The molecule has 11 heavy (non-hydrogen) atoms. The molecule has 0 aliphatic carbocycles. The van der Waals surface area contributed by atoms with Gasteiger partial charge in [0.15, 0.2) is 9.84 Å². The molecule has 62 valence electrons. The first-order chi connectivity index (χ1) is 5.05. The minimum absolute atomic E-state index is 0.00894. The number of hydrogen-bond donors (Lipinski definition) is 1. The summed E-state index contributed by atoms with van der Waals surface area (Å²) in [5.74, 6) is 4.78. The van der Waals surface area contributed by atoms with Crippen LogP contribution in [0, 0.1) is 17.8 Å². The summed E-state index contributed by atoms with van der Waals surface area (Å²) >= 11 is 0. The highest BCUT2D eigenvalue weighted by Gasteiger charge is 2.34. The Labute approximate surface area is 66.3 Å². The van der Waals surface area contributed by atoms with Crippen molar-refractivity contribution < 1.29 is 13.5 Å². The fourth-order valence-corrected chi connectivity index (χ4v) is 2.89. The average Bonchev–Trinajstić information content (AvgIpc) is 2.07. The number of aliphatic hydroxyl groups excluding tert-OH is 1. The summed E-state index contributed by atoms with van der Waals surface area (Å²) in [4.78, 5) is 0. The predicted molar refractivity (Wildman–Crippen MR) is 41.6 cm³/mol. The molecule has 0 unspecified atom stereocenters. The van der Waals surface area contributed by atoms with E-state index in [4.69, 9.17) is 0 Å². The Kier molecular flexibility index (Phi) is 2.21. The Bertz CT molecular complexity index is 293. The van der Waals surface area contributed by atoms with Crippen LogP contribution in [0.1, 0.15) is 6.92 Å². The SMILES string of the molecule is CC#C[C@@H]1CS(=O)(=O)C[C@H]1O. The van der Waals surface area contributed by atoms with E-state index in [2.05, 4.69) is 11.8 Å². The molecule has 1 saturated heterocycles. The van der Waals surface area contributed by atoms with Crippen LogP contribution in [0.4, 0.5) is 0 Å². The summed E-state index contributed by atoms with van der Waals surface area (Å²) in [5.41, 5.74) is 0. The van der Waals surface area contributed by atoms with Crippen molar-refractivity contribution in [3.8, 4) is 11.8 Å². The van der Waals surface area contributed by atoms with Gasteiger partial charge in [0, 0.05) is 0 Å². The lowest BCUT2D eigenvalue weighted by Crippen LogP contribution is -2.15. The van der Waals surface area contributed by atoms with Gasteiger partial charge in [-0.3, -0.25) is 0 Å². The number of hydrogen-bond acceptors (Lipinski definition) is 3. The summed E-state index contributed by atoms with van der Waals surface area (Å²) in [6.45, 7) is 1.64. The summed E-state index contributed by atoms with van der Waals surface area (Å²) in [6.07, 6.45) is -0.785. The van der Waals surface area contributed by atoms with Crippen molar-refractivity contribution in [2.75, 3.05) is 11.5 Å². The van der Waals surface area contributed by atoms with Crippen LogP contribution in [0.3, 0.4) is 0 Å². The molecule has 1 fully saturated rings. The Morgan fingerprint density at radius 3 is 2.45 bits per heavy atom. The monoisotopic (exact) mass is 174 g/mol. The van der Waals surface area contributed by atoms with Gasteiger partial charge >= 0.3 is 0 Å². The van der Waals surface area contributed by atoms with Crippen molar-refractivity contribution in [2.45, 2.75) is 13.0 Å². The average molecular weight is 174 g/mol.